The highest BCUT2D eigenvalue weighted by molar-refractivity contribution is 5.85. The molecule has 0 aromatic heterocycles. The van der Waals surface area contributed by atoms with Gasteiger partial charge in [0, 0.05) is 37.9 Å². The monoisotopic (exact) mass is 341 g/mol. The number of anilines is 1. The van der Waals surface area contributed by atoms with E-state index in [-0.39, 0.29) is 18.5 Å². The van der Waals surface area contributed by atoms with E-state index in [0.717, 1.165) is 38.0 Å². The molecule has 5 nitrogen and oxygen atoms in total. The van der Waals surface area contributed by atoms with Gasteiger partial charge in [0.05, 0.1) is 0 Å². The Kier molecular flexibility index (Phi) is 7.65. The number of carbonyl (C=O) groups excluding carboxylic acids is 1. The minimum atomic E-state index is -0.290. The average Bonchev–Trinajstić information content (AvgIpc) is 2.90. The first-order chi connectivity index (χ1) is 10.5. The maximum atomic E-state index is 12.0. The summed E-state index contributed by atoms with van der Waals surface area (Å²) in [6.45, 7) is 5.70. The molecule has 1 aliphatic rings. The zero-order valence-electron chi connectivity index (χ0n) is 14.5. The van der Waals surface area contributed by atoms with Gasteiger partial charge in [0.15, 0.2) is 0 Å². The van der Waals surface area contributed by atoms with Crippen LogP contribution in [0.3, 0.4) is 0 Å². The first-order valence-electron chi connectivity index (χ1n) is 7.97. The van der Waals surface area contributed by atoms with Crippen molar-refractivity contribution in [1.29, 1.82) is 0 Å². The van der Waals surface area contributed by atoms with E-state index in [2.05, 4.69) is 30.0 Å². The van der Waals surface area contributed by atoms with E-state index in [0.29, 0.717) is 12.3 Å². The van der Waals surface area contributed by atoms with Crippen LogP contribution in [0.5, 0.6) is 5.75 Å². The van der Waals surface area contributed by atoms with Gasteiger partial charge in [-0.2, -0.15) is 0 Å². The Morgan fingerprint density at radius 2 is 2.04 bits per heavy atom. The van der Waals surface area contributed by atoms with Crippen LogP contribution < -0.4 is 9.64 Å². The number of benzene rings is 1. The van der Waals surface area contributed by atoms with Crippen molar-refractivity contribution >= 4 is 24.2 Å². The molecule has 1 aliphatic heterocycles. The largest absolute Gasteiger partial charge is 0.414 e. The van der Waals surface area contributed by atoms with E-state index in [1.807, 2.05) is 19.1 Å². The summed E-state index contributed by atoms with van der Waals surface area (Å²) in [5.41, 5.74) is 2.37. The lowest BCUT2D eigenvalue weighted by Gasteiger charge is -2.21. The fourth-order valence-corrected chi connectivity index (χ4v) is 2.68. The maximum absolute atomic E-state index is 12.0. The second-order valence-corrected chi connectivity index (χ2v) is 6.03. The highest BCUT2D eigenvalue weighted by atomic mass is 35.5. The predicted octanol–water partition coefficient (Wildman–Crippen LogP) is 2.87. The van der Waals surface area contributed by atoms with Crippen LogP contribution in [0, 0.1) is 0 Å². The molecule has 0 saturated carbocycles. The summed E-state index contributed by atoms with van der Waals surface area (Å²) in [6, 6.07) is 5.99. The summed E-state index contributed by atoms with van der Waals surface area (Å²) in [6.07, 6.45) is 1.79. The van der Waals surface area contributed by atoms with Crippen molar-refractivity contribution in [3.63, 3.8) is 0 Å². The number of rotatable bonds is 6. The van der Waals surface area contributed by atoms with Crippen molar-refractivity contribution in [1.82, 2.24) is 9.80 Å². The number of fused-ring (bicyclic) bond motifs is 1. The van der Waals surface area contributed by atoms with Gasteiger partial charge in [-0.05, 0) is 52.5 Å². The summed E-state index contributed by atoms with van der Waals surface area (Å²) in [4.78, 5) is 18.1. The molecule has 0 aliphatic carbocycles. The van der Waals surface area contributed by atoms with Gasteiger partial charge in [0.25, 0.3) is 0 Å². The Balaban J connectivity index is 0.00000264. The quantitative estimate of drug-likeness (QED) is 0.797. The molecule has 0 unspecified atom stereocenters. The Bertz CT molecular complexity index is 523. The molecule has 0 N–H and O–H groups in total. The summed E-state index contributed by atoms with van der Waals surface area (Å²) in [7, 11) is 5.94. The van der Waals surface area contributed by atoms with Crippen LogP contribution in [0.2, 0.25) is 0 Å². The lowest BCUT2D eigenvalue weighted by Crippen LogP contribution is -2.29. The summed E-state index contributed by atoms with van der Waals surface area (Å²) in [5.74, 6) is 0.706. The number of hydrogen-bond donors (Lipinski definition) is 0. The Hall–Kier alpha value is -1.46. The van der Waals surface area contributed by atoms with Gasteiger partial charge >= 0.3 is 6.09 Å². The fraction of sp³-hybridized carbons (Fsp3) is 0.588. The van der Waals surface area contributed by atoms with Gasteiger partial charge in [-0.25, -0.2) is 4.79 Å². The van der Waals surface area contributed by atoms with Crippen LogP contribution in [-0.2, 0) is 6.42 Å². The van der Waals surface area contributed by atoms with Gasteiger partial charge in [0.2, 0.25) is 0 Å². The number of nitrogens with zero attached hydrogens (tertiary/aromatic N) is 3. The summed E-state index contributed by atoms with van der Waals surface area (Å²) < 4.78 is 5.55. The van der Waals surface area contributed by atoms with Crippen molar-refractivity contribution in [2.45, 2.75) is 19.8 Å². The van der Waals surface area contributed by atoms with Crippen molar-refractivity contribution in [2.75, 3.05) is 52.2 Å². The Labute approximate surface area is 145 Å². The standard InChI is InChI=1S/C17H27N3O2.ClH/c1-5-19(4)17(21)22-16-9-6-8-15-14(16)10-13-20(15)12-7-11-18(2)3;/h6,8-9H,5,7,10-13H2,1-4H3;1H. The molecule has 0 fully saturated rings. The minimum absolute atomic E-state index is 0. The van der Waals surface area contributed by atoms with E-state index >= 15 is 0 Å². The van der Waals surface area contributed by atoms with Crippen LogP contribution in [-0.4, -0.2) is 63.2 Å². The van der Waals surface area contributed by atoms with Crippen molar-refractivity contribution < 1.29 is 9.53 Å². The maximum Gasteiger partial charge on any atom is 0.414 e. The normalized spacial score (nSPS) is 12.8. The number of amides is 1. The van der Waals surface area contributed by atoms with Crippen LogP contribution in [0.25, 0.3) is 0 Å². The molecule has 0 radical (unpaired) electrons. The van der Waals surface area contributed by atoms with Crippen LogP contribution >= 0.6 is 12.4 Å². The number of carbonyl (C=O) groups is 1. The first kappa shape index (κ1) is 19.6. The molecule has 0 atom stereocenters. The SMILES string of the molecule is CCN(C)C(=O)Oc1cccc2c1CCN2CCCN(C)C.Cl. The second kappa shape index (κ2) is 8.99. The third-order valence-corrected chi connectivity index (χ3v) is 4.10. The predicted molar refractivity (Wildman–Crippen MR) is 97.1 cm³/mol. The summed E-state index contributed by atoms with van der Waals surface area (Å²) >= 11 is 0. The molecule has 1 aromatic rings. The first-order valence-corrected chi connectivity index (χ1v) is 7.97. The molecule has 1 aromatic carbocycles. The van der Waals surface area contributed by atoms with Crippen molar-refractivity contribution in [3.8, 4) is 5.75 Å². The van der Waals surface area contributed by atoms with Crippen LogP contribution in [0.1, 0.15) is 18.9 Å². The number of ether oxygens (including phenoxy) is 1. The molecule has 0 bridgehead atoms. The highest BCUT2D eigenvalue weighted by Gasteiger charge is 2.23. The lowest BCUT2D eigenvalue weighted by molar-refractivity contribution is 0.165. The van der Waals surface area contributed by atoms with Crippen LogP contribution in [0.4, 0.5) is 10.5 Å². The van der Waals surface area contributed by atoms with E-state index in [1.54, 1.807) is 11.9 Å². The van der Waals surface area contributed by atoms with Gasteiger partial charge in [-0.15, -0.1) is 12.4 Å². The molecule has 23 heavy (non-hydrogen) atoms. The molecule has 1 heterocycles. The molecular weight excluding hydrogens is 314 g/mol. The molecule has 1 amide bonds. The van der Waals surface area contributed by atoms with E-state index in [4.69, 9.17) is 4.74 Å². The molecule has 0 saturated heterocycles. The van der Waals surface area contributed by atoms with E-state index < -0.39 is 0 Å². The molecule has 130 valence electrons. The van der Waals surface area contributed by atoms with Gasteiger partial charge < -0.3 is 19.4 Å². The molecule has 0 spiro atoms. The van der Waals surface area contributed by atoms with E-state index in [1.165, 1.54) is 5.69 Å². The fourth-order valence-electron chi connectivity index (χ4n) is 2.68. The smallest absolute Gasteiger partial charge is 0.410 e. The third kappa shape index (κ3) is 5.01. The average molecular weight is 342 g/mol. The summed E-state index contributed by atoms with van der Waals surface area (Å²) in [5, 5.41) is 0. The minimum Gasteiger partial charge on any atom is -0.410 e. The van der Waals surface area contributed by atoms with Crippen molar-refractivity contribution in [2.24, 2.45) is 0 Å². The Morgan fingerprint density at radius 1 is 1.30 bits per heavy atom. The lowest BCUT2D eigenvalue weighted by atomic mass is 10.1. The van der Waals surface area contributed by atoms with Gasteiger partial charge in [-0.1, -0.05) is 6.07 Å². The number of hydrogen-bond acceptors (Lipinski definition) is 4. The zero-order chi connectivity index (χ0) is 16.1. The van der Waals surface area contributed by atoms with E-state index in [9.17, 15) is 4.79 Å². The van der Waals surface area contributed by atoms with Crippen molar-refractivity contribution in [3.05, 3.63) is 23.8 Å². The second-order valence-electron chi connectivity index (χ2n) is 6.03. The topological polar surface area (TPSA) is 36.0 Å². The van der Waals surface area contributed by atoms with Gasteiger partial charge in [-0.3, -0.25) is 0 Å². The molecule has 2 rings (SSSR count). The van der Waals surface area contributed by atoms with Crippen LogP contribution in [0.15, 0.2) is 18.2 Å². The zero-order valence-corrected chi connectivity index (χ0v) is 15.4. The molecular formula is C17H28ClN3O2. The molecule has 6 heteroatoms. The van der Waals surface area contributed by atoms with Gasteiger partial charge in [0.1, 0.15) is 5.75 Å². The number of halogens is 1. The Morgan fingerprint density at radius 3 is 2.70 bits per heavy atom. The third-order valence-electron chi connectivity index (χ3n) is 4.10. The highest BCUT2D eigenvalue weighted by Crippen LogP contribution is 2.35.